The van der Waals surface area contributed by atoms with Gasteiger partial charge < -0.3 is 10.2 Å². The van der Waals surface area contributed by atoms with Crippen molar-refractivity contribution in [2.75, 3.05) is 17.1 Å². The molecule has 2 aromatic rings. The summed E-state index contributed by atoms with van der Waals surface area (Å²) in [5.41, 5.74) is 1.84. The van der Waals surface area contributed by atoms with Crippen LogP contribution < -0.4 is 9.62 Å². The Balaban J connectivity index is 2.29. The lowest BCUT2D eigenvalue weighted by atomic mass is 10.1. The monoisotopic (exact) mass is 603 g/mol. The molecule has 0 aliphatic heterocycles. The molecule has 0 fully saturated rings. The number of amides is 2. The van der Waals surface area contributed by atoms with E-state index in [9.17, 15) is 18.0 Å². The molecule has 38 heavy (non-hydrogen) atoms. The van der Waals surface area contributed by atoms with Crippen molar-refractivity contribution >= 4 is 62.3 Å². The summed E-state index contributed by atoms with van der Waals surface area (Å²) in [5.74, 6) is -0.499. The summed E-state index contributed by atoms with van der Waals surface area (Å²) in [4.78, 5) is 28.2. The van der Waals surface area contributed by atoms with E-state index in [1.807, 2.05) is 20.8 Å². The van der Waals surface area contributed by atoms with Crippen molar-refractivity contribution in [1.29, 1.82) is 0 Å². The van der Waals surface area contributed by atoms with Crippen LogP contribution in [-0.2, 0) is 26.2 Å². The predicted octanol–water partition coefficient (Wildman–Crippen LogP) is 6.22. The highest BCUT2D eigenvalue weighted by Gasteiger charge is 2.29. The molecule has 0 aliphatic rings. The van der Waals surface area contributed by atoms with Crippen LogP contribution in [0, 0.1) is 6.92 Å². The smallest absolute Gasteiger partial charge is 0.243 e. The first-order valence-electron chi connectivity index (χ1n) is 12.6. The first kappa shape index (κ1) is 32.2. The minimum absolute atomic E-state index is 0.0391. The van der Waals surface area contributed by atoms with E-state index >= 15 is 0 Å². The number of hydrogen-bond donors (Lipinski definition) is 1. The molecule has 210 valence electrons. The van der Waals surface area contributed by atoms with Crippen LogP contribution >= 0.6 is 34.8 Å². The highest BCUT2D eigenvalue weighted by molar-refractivity contribution is 7.92. The fourth-order valence-corrected chi connectivity index (χ4v) is 5.55. The van der Waals surface area contributed by atoms with Gasteiger partial charge >= 0.3 is 0 Å². The van der Waals surface area contributed by atoms with E-state index in [-0.39, 0.29) is 43.8 Å². The van der Waals surface area contributed by atoms with Crippen LogP contribution in [0.15, 0.2) is 36.4 Å². The van der Waals surface area contributed by atoms with E-state index in [2.05, 4.69) is 5.32 Å². The molecule has 7 nitrogen and oxygen atoms in total. The van der Waals surface area contributed by atoms with Gasteiger partial charge in [0.05, 0.1) is 22.0 Å². The molecule has 0 heterocycles. The van der Waals surface area contributed by atoms with Gasteiger partial charge in [0.15, 0.2) is 0 Å². The first-order valence-corrected chi connectivity index (χ1v) is 15.5. The Kier molecular flexibility index (Phi) is 12.2. The summed E-state index contributed by atoms with van der Waals surface area (Å²) >= 11 is 18.5. The number of halogens is 3. The minimum atomic E-state index is -3.63. The topological polar surface area (TPSA) is 86.8 Å². The fourth-order valence-electron chi connectivity index (χ4n) is 4.04. The zero-order valence-corrected chi connectivity index (χ0v) is 25.5. The summed E-state index contributed by atoms with van der Waals surface area (Å²) in [6.07, 6.45) is 2.58. The summed E-state index contributed by atoms with van der Waals surface area (Å²) in [6.45, 7) is 7.73. The quantitative estimate of drug-likeness (QED) is 0.294. The molecular weight excluding hydrogens is 569 g/mol. The molecule has 2 rings (SSSR count). The van der Waals surface area contributed by atoms with Crippen molar-refractivity contribution in [3.63, 3.8) is 0 Å². The Labute approximate surface area is 241 Å². The third-order valence-corrected chi connectivity index (χ3v) is 8.71. The molecule has 0 spiro atoms. The van der Waals surface area contributed by atoms with Crippen molar-refractivity contribution in [2.24, 2.45) is 0 Å². The van der Waals surface area contributed by atoms with Gasteiger partial charge in [0.1, 0.15) is 6.04 Å². The minimum Gasteiger partial charge on any atom is -0.352 e. The van der Waals surface area contributed by atoms with Crippen LogP contribution in [0.2, 0.25) is 15.1 Å². The molecule has 0 saturated carbocycles. The van der Waals surface area contributed by atoms with Gasteiger partial charge in [-0.3, -0.25) is 13.9 Å². The average molecular weight is 605 g/mol. The van der Waals surface area contributed by atoms with Gasteiger partial charge in [-0.1, -0.05) is 60.8 Å². The molecule has 2 amide bonds. The lowest BCUT2D eigenvalue weighted by Gasteiger charge is -2.32. The second-order valence-corrected chi connectivity index (χ2v) is 12.5. The third kappa shape index (κ3) is 8.76. The number of carbonyl (C=O) groups excluding carboxylic acids is 2. The van der Waals surface area contributed by atoms with Gasteiger partial charge in [-0.25, -0.2) is 8.42 Å². The van der Waals surface area contributed by atoms with Gasteiger partial charge in [-0.15, -0.1) is 0 Å². The van der Waals surface area contributed by atoms with E-state index in [0.29, 0.717) is 32.7 Å². The molecule has 0 unspecified atom stereocenters. The van der Waals surface area contributed by atoms with Crippen LogP contribution in [0.5, 0.6) is 0 Å². The lowest BCUT2D eigenvalue weighted by molar-refractivity contribution is -0.141. The van der Waals surface area contributed by atoms with Gasteiger partial charge in [-0.05, 0) is 68.5 Å². The van der Waals surface area contributed by atoms with E-state index in [4.69, 9.17) is 34.8 Å². The van der Waals surface area contributed by atoms with Crippen molar-refractivity contribution in [2.45, 2.75) is 72.0 Å². The molecule has 0 saturated heterocycles. The van der Waals surface area contributed by atoms with Crippen LogP contribution in [0.25, 0.3) is 0 Å². The molecule has 0 bridgehead atoms. The Morgan fingerprint density at radius 3 is 2.26 bits per heavy atom. The first-order chi connectivity index (χ1) is 17.8. The molecule has 0 aliphatic carbocycles. The number of carbonyl (C=O) groups is 2. The van der Waals surface area contributed by atoms with Gasteiger partial charge in [0.2, 0.25) is 21.8 Å². The maximum absolute atomic E-state index is 13.5. The Morgan fingerprint density at radius 2 is 1.68 bits per heavy atom. The van der Waals surface area contributed by atoms with E-state index in [1.54, 1.807) is 43.3 Å². The fraction of sp³-hybridized carbons (Fsp3) is 0.481. The average Bonchev–Trinajstić information content (AvgIpc) is 2.85. The van der Waals surface area contributed by atoms with Crippen LogP contribution in [0.3, 0.4) is 0 Å². The van der Waals surface area contributed by atoms with Gasteiger partial charge in [0.25, 0.3) is 0 Å². The van der Waals surface area contributed by atoms with E-state index in [0.717, 1.165) is 18.2 Å². The van der Waals surface area contributed by atoms with Crippen LogP contribution in [-0.4, -0.2) is 50.0 Å². The lowest BCUT2D eigenvalue weighted by Crippen LogP contribution is -2.50. The highest BCUT2D eigenvalue weighted by atomic mass is 35.5. The van der Waals surface area contributed by atoms with E-state index < -0.39 is 16.1 Å². The van der Waals surface area contributed by atoms with Crippen LogP contribution in [0.1, 0.15) is 57.6 Å². The largest absolute Gasteiger partial charge is 0.352 e. The zero-order chi connectivity index (χ0) is 28.6. The molecule has 2 atom stereocenters. The normalized spacial score (nSPS) is 13.1. The Hall–Kier alpha value is -2.00. The number of nitrogens with zero attached hydrogens (tertiary/aromatic N) is 2. The summed E-state index contributed by atoms with van der Waals surface area (Å²) in [7, 11) is -3.63. The maximum Gasteiger partial charge on any atom is 0.243 e. The second kappa shape index (κ2) is 14.4. The van der Waals surface area contributed by atoms with Crippen molar-refractivity contribution in [1.82, 2.24) is 10.2 Å². The SMILES string of the molecule is CC[C@@H](C)NC(=O)[C@@H](CC)N(Cc1ccc(Cl)c(Cl)c1)C(=O)CCCN(c1cccc(Cl)c1C)S(C)(=O)=O. The van der Waals surface area contributed by atoms with Gasteiger partial charge in [-0.2, -0.15) is 0 Å². The molecule has 11 heteroatoms. The highest BCUT2D eigenvalue weighted by Crippen LogP contribution is 2.29. The van der Waals surface area contributed by atoms with E-state index in [1.165, 1.54) is 9.21 Å². The number of nitrogens with one attached hydrogen (secondary N) is 1. The molecule has 0 radical (unpaired) electrons. The molecule has 0 aromatic heterocycles. The number of rotatable bonds is 13. The standard InChI is InChI=1S/C27H36Cl3N3O4S/c1-6-18(3)31-27(35)24(7-2)32(17-20-13-14-22(29)23(30)16-20)26(34)12-9-15-33(38(5,36)37)25-11-8-10-21(28)19(25)4/h8,10-11,13-14,16,18,24H,6-7,9,12,15,17H2,1-5H3,(H,31,35)/t18-,24-/m1/s1. The number of benzene rings is 2. The Bertz CT molecular complexity index is 1240. The number of hydrogen-bond acceptors (Lipinski definition) is 4. The summed E-state index contributed by atoms with van der Waals surface area (Å²) < 4.78 is 26.4. The van der Waals surface area contributed by atoms with Crippen molar-refractivity contribution < 1.29 is 18.0 Å². The van der Waals surface area contributed by atoms with Gasteiger partial charge in [0, 0.05) is 30.6 Å². The number of anilines is 1. The molecular formula is C27H36Cl3N3O4S. The predicted molar refractivity (Wildman–Crippen MR) is 157 cm³/mol. The molecule has 2 aromatic carbocycles. The molecule has 1 N–H and O–H groups in total. The van der Waals surface area contributed by atoms with Crippen LogP contribution in [0.4, 0.5) is 5.69 Å². The number of sulfonamides is 1. The third-order valence-electron chi connectivity index (χ3n) is 6.38. The second-order valence-electron chi connectivity index (χ2n) is 9.33. The summed E-state index contributed by atoms with van der Waals surface area (Å²) in [5, 5.41) is 4.18. The van der Waals surface area contributed by atoms with Crippen molar-refractivity contribution in [3.05, 3.63) is 62.6 Å². The maximum atomic E-state index is 13.5. The Morgan fingerprint density at radius 1 is 1.00 bits per heavy atom. The summed E-state index contributed by atoms with van der Waals surface area (Å²) in [6, 6.07) is 9.43. The zero-order valence-electron chi connectivity index (χ0n) is 22.4. The van der Waals surface area contributed by atoms with Crippen molar-refractivity contribution in [3.8, 4) is 0 Å².